The Morgan fingerprint density at radius 2 is 1.38 bits per heavy atom. The number of carbonyl (C=O) groups excluding carboxylic acids is 2. The monoisotopic (exact) mass is 617 g/mol. The maximum atomic E-state index is 14.5. The lowest BCUT2D eigenvalue weighted by atomic mass is 9.88. The molecule has 5 nitrogen and oxygen atoms in total. The van der Waals surface area contributed by atoms with Crippen LogP contribution in [-0.2, 0) is 14.2 Å². The van der Waals surface area contributed by atoms with Crippen LogP contribution in [0.2, 0.25) is 10.0 Å². The fourth-order valence-corrected chi connectivity index (χ4v) is 5.83. The Balaban J connectivity index is 1.90. The van der Waals surface area contributed by atoms with Gasteiger partial charge in [-0.2, -0.15) is 13.2 Å². The highest BCUT2D eigenvalue weighted by Gasteiger charge is 2.58. The van der Waals surface area contributed by atoms with E-state index < -0.39 is 40.4 Å². The standard InChI is InChI=1S/C29H32Cl2F3NO4S/c1-17(35(24(36)38-26(2,3)4)25(37)39-27(5,6)7)18-8-10-19(11-9-18)20-15-28(40-16-20,29(32,33)34)21-12-22(30)14-23(31)13-21/h8-14,16-17H,15H2,1-7H3/t17-,28?/m0/s1. The van der Waals surface area contributed by atoms with Gasteiger partial charge in [0.25, 0.3) is 0 Å². The normalized spacial score (nSPS) is 18.6. The Labute approximate surface area is 247 Å². The van der Waals surface area contributed by atoms with Gasteiger partial charge in [0, 0.05) is 16.5 Å². The van der Waals surface area contributed by atoms with E-state index >= 15 is 0 Å². The lowest BCUT2D eigenvalue weighted by Gasteiger charge is -2.32. The fourth-order valence-electron chi connectivity index (χ4n) is 4.12. The highest BCUT2D eigenvalue weighted by atomic mass is 35.5. The Kier molecular flexibility index (Phi) is 9.24. The molecule has 0 saturated carbocycles. The van der Waals surface area contributed by atoms with Crippen LogP contribution in [0.3, 0.4) is 0 Å². The maximum Gasteiger partial charge on any atom is 0.420 e. The second kappa shape index (κ2) is 11.5. The lowest BCUT2D eigenvalue weighted by molar-refractivity contribution is -0.160. The van der Waals surface area contributed by atoms with Crippen LogP contribution in [0.15, 0.2) is 47.9 Å². The van der Waals surface area contributed by atoms with Crippen LogP contribution in [0.25, 0.3) is 5.57 Å². The second-order valence-electron chi connectivity index (χ2n) is 11.5. The summed E-state index contributed by atoms with van der Waals surface area (Å²) < 4.78 is 52.0. The summed E-state index contributed by atoms with van der Waals surface area (Å²) in [6.07, 6.45) is -6.65. The van der Waals surface area contributed by atoms with Gasteiger partial charge in [0.05, 0.1) is 6.04 Å². The van der Waals surface area contributed by atoms with Crippen molar-refractivity contribution in [2.45, 2.75) is 83.1 Å². The molecule has 11 heteroatoms. The van der Waals surface area contributed by atoms with Gasteiger partial charge >= 0.3 is 18.4 Å². The Bertz CT molecular complexity index is 1250. The molecule has 1 unspecified atom stereocenters. The van der Waals surface area contributed by atoms with E-state index in [-0.39, 0.29) is 22.0 Å². The first-order valence-corrected chi connectivity index (χ1v) is 14.1. The van der Waals surface area contributed by atoms with Gasteiger partial charge in [-0.1, -0.05) is 47.5 Å². The number of imide groups is 1. The summed E-state index contributed by atoms with van der Waals surface area (Å²) >= 11 is 12.7. The molecule has 3 rings (SSSR count). The molecule has 2 amide bonds. The van der Waals surface area contributed by atoms with E-state index in [1.54, 1.807) is 72.7 Å². The average Bonchev–Trinajstić information content (AvgIpc) is 3.23. The molecule has 1 heterocycles. The van der Waals surface area contributed by atoms with E-state index in [2.05, 4.69) is 0 Å². The number of alkyl halides is 3. The van der Waals surface area contributed by atoms with Gasteiger partial charge in [-0.15, -0.1) is 11.8 Å². The summed E-state index contributed by atoms with van der Waals surface area (Å²) in [4.78, 5) is 26.9. The first kappa shape index (κ1) is 32.2. The molecule has 1 aliphatic rings. The van der Waals surface area contributed by atoms with E-state index in [1.165, 1.54) is 23.6 Å². The zero-order valence-electron chi connectivity index (χ0n) is 23.3. The maximum absolute atomic E-state index is 14.5. The molecular weight excluding hydrogens is 586 g/mol. The van der Waals surface area contributed by atoms with Crippen LogP contribution >= 0.6 is 35.0 Å². The number of thioether (sulfide) groups is 1. The van der Waals surface area contributed by atoms with Crippen LogP contribution in [0, 0.1) is 0 Å². The van der Waals surface area contributed by atoms with E-state index in [0.29, 0.717) is 28.5 Å². The third-order valence-electron chi connectivity index (χ3n) is 5.96. The number of ether oxygens (including phenoxy) is 2. The minimum absolute atomic E-state index is 0.0237. The number of rotatable bonds is 4. The molecule has 0 aliphatic carbocycles. The Morgan fingerprint density at radius 1 is 0.900 bits per heavy atom. The van der Waals surface area contributed by atoms with Gasteiger partial charge in [0.2, 0.25) is 0 Å². The number of benzene rings is 2. The average molecular weight is 619 g/mol. The van der Waals surface area contributed by atoms with Crippen molar-refractivity contribution in [2.24, 2.45) is 0 Å². The quantitative estimate of drug-likeness (QED) is 0.341. The topological polar surface area (TPSA) is 55.8 Å². The largest absolute Gasteiger partial charge is 0.443 e. The van der Waals surface area contributed by atoms with Gasteiger partial charge in [0.15, 0.2) is 0 Å². The number of amides is 2. The molecule has 2 aromatic carbocycles. The number of carbonyl (C=O) groups is 2. The summed E-state index contributed by atoms with van der Waals surface area (Å²) in [7, 11) is 0. The van der Waals surface area contributed by atoms with E-state index in [1.807, 2.05) is 0 Å². The van der Waals surface area contributed by atoms with E-state index in [0.717, 1.165) is 4.90 Å². The summed E-state index contributed by atoms with van der Waals surface area (Å²) in [5, 5.41) is 1.74. The number of hydrogen-bond donors (Lipinski definition) is 0. The zero-order valence-corrected chi connectivity index (χ0v) is 25.6. The summed E-state index contributed by atoms with van der Waals surface area (Å²) in [6, 6.07) is 9.84. The SMILES string of the molecule is C[C@@H](c1ccc(C2=CSC(c3cc(Cl)cc(Cl)c3)(C(F)(F)F)C2)cc1)N(C(=O)OC(C)(C)C)C(=O)OC(C)(C)C. The first-order chi connectivity index (χ1) is 18.2. The molecule has 218 valence electrons. The molecule has 0 aromatic heterocycles. The number of allylic oxidation sites excluding steroid dienone is 1. The fraction of sp³-hybridized carbons (Fsp3) is 0.448. The van der Waals surface area contributed by atoms with E-state index in [9.17, 15) is 22.8 Å². The van der Waals surface area contributed by atoms with Crippen molar-refractivity contribution >= 4 is 52.7 Å². The molecule has 2 aromatic rings. The highest BCUT2D eigenvalue weighted by molar-refractivity contribution is 8.03. The van der Waals surface area contributed by atoms with Crippen molar-refractivity contribution < 1.29 is 32.2 Å². The smallest absolute Gasteiger partial charge is 0.420 e. The second-order valence-corrected chi connectivity index (χ2v) is 13.6. The molecule has 0 N–H and O–H groups in total. The molecule has 0 bridgehead atoms. The van der Waals surface area contributed by atoms with Crippen LogP contribution in [-0.4, -0.2) is 34.5 Å². The minimum atomic E-state index is -4.58. The van der Waals surface area contributed by atoms with Gasteiger partial charge < -0.3 is 9.47 Å². The molecule has 0 radical (unpaired) electrons. The van der Waals surface area contributed by atoms with Crippen LogP contribution in [0.1, 0.15) is 77.6 Å². The molecule has 0 spiro atoms. The van der Waals surface area contributed by atoms with Crippen LogP contribution in [0.5, 0.6) is 0 Å². The molecule has 40 heavy (non-hydrogen) atoms. The van der Waals surface area contributed by atoms with Crippen molar-refractivity contribution in [1.29, 1.82) is 0 Å². The zero-order chi connectivity index (χ0) is 30.3. The van der Waals surface area contributed by atoms with Crippen LogP contribution < -0.4 is 0 Å². The summed E-state index contributed by atoms with van der Waals surface area (Å²) in [5.74, 6) is 0. The lowest BCUT2D eigenvalue weighted by Crippen LogP contribution is -2.44. The van der Waals surface area contributed by atoms with Gasteiger partial charge in [0.1, 0.15) is 15.9 Å². The first-order valence-electron chi connectivity index (χ1n) is 12.5. The number of nitrogens with zero attached hydrogens (tertiary/aromatic N) is 1. The van der Waals surface area contributed by atoms with Gasteiger partial charge in [-0.25, -0.2) is 14.5 Å². The Hall–Kier alpha value is -2.36. The van der Waals surface area contributed by atoms with Crippen molar-refractivity contribution in [3.8, 4) is 0 Å². The third-order valence-corrected chi connectivity index (χ3v) is 7.81. The Morgan fingerprint density at radius 3 is 1.80 bits per heavy atom. The van der Waals surface area contributed by atoms with Crippen molar-refractivity contribution in [3.05, 3.63) is 74.6 Å². The van der Waals surface area contributed by atoms with Crippen LogP contribution in [0.4, 0.5) is 22.8 Å². The number of halogens is 5. The third kappa shape index (κ3) is 7.47. The van der Waals surface area contributed by atoms with Crippen molar-refractivity contribution in [2.75, 3.05) is 0 Å². The van der Waals surface area contributed by atoms with Crippen molar-refractivity contribution in [3.63, 3.8) is 0 Å². The summed E-state index contributed by atoms with van der Waals surface area (Å²) in [5.41, 5.74) is -0.116. The number of hydrogen-bond acceptors (Lipinski definition) is 5. The predicted molar refractivity (Wildman–Crippen MR) is 154 cm³/mol. The molecular formula is C29H32Cl2F3NO4S. The predicted octanol–water partition coefficient (Wildman–Crippen LogP) is 10.2. The summed E-state index contributed by atoms with van der Waals surface area (Å²) in [6.45, 7) is 11.7. The van der Waals surface area contributed by atoms with Gasteiger partial charge in [-0.3, -0.25) is 0 Å². The molecule has 2 atom stereocenters. The molecule has 0 fully saturated rings. The van der Waals surface area contributed by atoms with Crippen molar-refractivity contribution in [1.82, 2.24) is 4.90 Å². The molecule has 0 saturated heterocycles. The molecule has 1 aliphatic heterocycles. The van der Waals surface area contributed by atoms with E-state index in [4.69, 9.17) is 32.7 Å². The van der Waals surface area contributed by atoms with Gasteiger partial charge in [-0.05, 0) is 94.3 Å². The highest BCUT2D eigenvalue weighted by Crippen LogP contribution is 2.60. The minimum Gasteiger partial charge on any atom is -0.443 e.